The number of amides is 1. The third-order valence-electron chi connectivity index (χ3n) is 4.68. The van der Waals surface area contributed by atoms with Crippen molar-refractivity contribution in [1.82, 2.24) is 9.62 Å². The van der Waals surface area contributed by atoms with Crippen molar-refractivity contribution in [3.63, 3.8) is 0 Å². The number of nitrogens with zero attached hydrogens (tertiary/aromatic N) is 1. The van der Waals surface area contributed by atoms with E-state index in [1.165, 1.54) is 4.31 Å². The van der Waals surface area contributed by atoms with Gasteiger partial charge in [0.1, 0.15) is 6.04 Å². The summed E-state index contributed by atoms with van der Waals surface area (Å²) in [5, 5.41) is 3.61. The van der Waals surface area contributed by atoms with Gasteiger partial charge < -0.3 is 5.32 Å². The highest BCUT2D eigenvalue weighted by Crippen LogP contribution is 2.26. The molecule has 0 aliphatic carbocycles. The van der Waals surface area contributed by atoms with E-state index in [1.807, 2.05) is 25.1 Å². The lowest BCUT2D eigenvalue weighted by Gasteiger charge is -2.25. The Kier molecular flexibility index (Phi) is 6.19. The normalized spacial score (nSPS) is 19.0. The Morgan fingerprint density at radius 2 is 1.96 bits per heavy atom. The zero-order valence-electron chi connectivity index (χ0n) is 15.1. The van der Waals surface area contributed by atoms with E-state index < -0.39 is 16.1 Å². The molecule has 144 valence electrons. The second-order valence-electron chi connectivity index (χ2n) is 6.83. The van der Waals surface area contributed by atoms with Crippen molar-refractivity contribution in [2.75, 3.05) is 6.54 Å². The van der Waals surface area contributed by atoms with Crippen molar-refractivity contribution in [2.45, 2.75) is 43.2 Å². The lowest BCUT2D eigenvalue weighted by Crippen LogP contribution is -2.48. The van der Waals surface area contributed by atoms with Crippen molar-refractivity contribution >= 4 is 27.5 Å². The number of carbonyl (C=O) groups excluding carboxylic acids is 1. The van der Waals surface area contributed by atoms with E-state index >= 15 is 0 Å². The Labute approximate surface area is 165 Å². The van der Waals surface area contributed by atoms with Gasteiger partial charge in [-0.1, -0.05) is 41.9 Å². The molecule has 27 heavy (non-hydrogen) atoms. The van der Waals surface area contributed by atoms with Crippen LogP contribution in [-0.4, -0.2) is 37.3 Å². The molecule has 1 aliphatic rings. The largest absolute Gasteiger partial charge is 0.352 e. The quantitative estimate of drug-likeness (QED) is 0.800. The molecule has 0 radical (unpaired) electrons. The van der Waals surface area contributed by atoms with Gasteiger partial charge in [0.2, 0.25) is 15.9 Å². The first-order valence-corrected chi connectivity index (χ1v) is 10.8. The van der Waals surface area contributed by atoms with Gasteiger partial charge in [0.05, 0.1) is 4.90 Å². The molecule has 1 fully saturated rings. The standard InChI is InChI=1S/C20H23ClN2O3S/c1-15(13-16-7-5-8-17(21)14-16)22-20(24)19-11-6-12-23(19)27(25,26)18-9-3-2-4-10-18/h2-5,7-10,14-15,19H,6,11-13H2,1H3,(H,22,24)/t15-,19-/m1/s1. The summed E-state index contributed by atoms with van der Waals surface area (Å²) in [4.78, 5) is 13.0. The van der Waals surface area contributed by atoms with Crippen LogP contribution in [0.5, 0.6) is 0 Å². The Bertz CT molecular complexity index is 902. The predicted molar refractivity (Wildman–Crippen MR) is 106 cm³/mol. The van der Waals surface area contributed by atoms with Crippen molar-refractivity contribution in [2.24, 2.45) is 0 Å². The van der Waals surface area contributed by atoms with Crippen LogP contribution in [0.15, 0.2) is 59.5 Å². The van der Waals surface area contributed by atoms with E-state index in [-0.39, 0.29) is 16.8 Å². The molecule has 1 saturated heterocycles. The molecule has 3 rings (SSSR count). The fraction of sp³-hybridized carbons (Fsp3) is 0.350. The molecule has 2 aromatic carbocycles. The summed E-state index contributed by atoms with van der Waals surface area (Å²) < 4.78 is 27.1. The van der Waals surface area contributed by atoms with E-state index in [9.17, 15) is 13.2 Å². The maximum atomic E-state index is 12.9. The monoisotopic (exact) mass is 406 g/mol. The summed E-state index contributed by atoms with van der Waals surface area (Å²) in [6.45, 7) is 2.27. The molecule has 7 heteroatoms. The molecule has 1 aliphatic heterocycles. The van der Waals surface area contributed by atoms with Gasteiger partial charge in [0.15, 0.2) is 0 Å². The van der Waals surface area contributed by atoms with Crippen LogP contribution in [0.1, 0.15) is 25.3 Å². The van der Waals surface area contributed by atoms with E-state index in [2.05, 4.69) is 5.32 Å². The summed E-state index contributed by atoms with van der Waals surface area (Å²) in [7, 11) is -3.68. The minimum absolute atomic E-state index is 0.127. The van der Waals surface area contributed by atoms with Crippen LogP contribution in [0, 0.1) is 0 Å². The van der Waals surface area contributed by atoms with Crippen molar-refractivity contribution in [1.29, 1.82) is 0 Å². The van der Waals surface area contributed by atoms with Crippen LogP contribution in [0.3, 0.4) is 0 Å². The second-order valence-corrected chi connectivity index (χ2v) is 9.16. The molecule has 2 aromatic rings. The third kappa shape index (κ3) is 4.69. The highest BCUT2D eigenvalue weighted by molar-refractivity contribution is 7.89. The minimum atomic E-state index is -3.68. The molecule has 0 bridgehead atoms. The molecule has 1 heterocycles. The smallest absolute Gasteiger partial charge is 0.243 e. The Morgan fingerprint density at radius 1 is 1.22 bits per heavy atom. The average Bonchev–Trinajstić information content (AvgIpc) is 3.13. The highest BCUT2D eigenvalue weighted by Gasteiger charge is 2.39. The number of rotatable bonds is 6. The van der Waals surface area contributed by atoms with E-state index in [1.54, 1.807) is 36.4 Å². The maximum absolute atomic E-state index is 12.9. The fourth-order valence-corrected chi connectivity index (χ4v) is 5.32. The van der Waals surface area contributed by atoms with Crippen LogP contribution in [0.4, 0.5) is 0 Å². The molecule has 0 saturated carbocycles. The molecule has 1 amide bonds. The second kappa shape index (κ2) is 8.42. The molecule has 0 unspecified atom stereocenters. The van der Waals surface area contributed by atoms with Gasteiger partial charge in [-0.25, -0.2) is 8.42 Å². The number of halogens is 1. The number of hydrogen-bond donors (Lipinski definition) is 1. The number of sulfonamides is 1. The Balaban J connectivity index is 1.68. The minimum Gasteiger partial charge on any atom is -0.352 e. The zero-order valence-corrected chi connectivity index (χ0v) is 16.7. The van der Waals surface area contributed by atoms with E-state index in [0.717, 1.165) is 5.56 Å². The van der Waals surface area contributed by atoms with Crippen molar-refractivity contribution < 1.29 is 13.2 Å². The van der Waals surface area contributed by atoms with Gasteiger partial charge in [0.25, 0.3) is 0 Å². The number of benzene rings is 2. The van der Waals surface area contributed by atoms with Crippen LogP contribution in [0.2, 0.25) is 5.02 Å². The van der Waals surface area contributed by atoms with Crippen molar-refractivity contribution in [3.05, 3.63) is 65.2 Å². The van der Waals surface area contributed by atoms with Gasteiger partial charge in [-0.2, -0.15) is 4.31 Å². The van der Waals surface area contributed by atoms with Gasteiger partial charge in [-0.3, -0.25) is 4.79 Å². The molecular weight excluding hydrogens is 384 g/mol. The maximum Gasteiger partial charge on any atom is 0.243 e. The van der Waals surface area contributed by atoms with Crippen molar-refractivity contribution in [3.8, 4) is 0 Å². The molecular formula is C20H23ClN2O3S. The van der Waals surface area contributed by atoms with Crippen LogP contribution in [-0.2, 0) is 21.2 Å². The van der Waals surface area contributed by atoms with Crippen LogP contribution in [0.25, 0.3) is 0 Å². The first kappa shape index (κ1) is 19.9. The summed E-state index contributed by atoms with van der Waals surface area (Å²) in [5.74, 6) is -0.249. The molecule has 1 N–H and O–H groups in total. The average molecular weight is 407 g/mol. The van der Waals surface area contributed by atoms with Crippen LogP contribution >= 0.6 is 11.6 Å². The van der Waals surface area contributed by atoms with Gasteiger partial charge in [0, 0.05) is 17.6 Å². The Morgan fingerprint density at radius 3 is 2.67 bits per heavy atom. The zero-order chi connectivity index (χ0) is 19.4. The van der Waals surface area contributed by atoms with Gasteiger partial charge >= 0.3 is 0 Å². The molecule has 0 spiro atoms. The summed E-state index contributed by atoms with van der Waals surface area (Å²) in [6, 6.07) is 15.0. The fourth-order valence-electron chi connectivity index (χ4n) is 3.43. The topological polar surface area (TPSA) is 66.5 Å². The number of hydrogen-bond acceptors (Lipinski definition) is 3. The SMILES string of the molecule is C[C@H](Cc1cccc(Cl)c1)NC(=O)[C@H]1CCCN1S(=O)(=O)c1ccccc1. The molecule has 5 nitrogen and oxygen atoms in total. The number of carbonyl (C=O) groups is 1. The summed E-state index contributed by atoms with van der Waals surface area (Å²) in [6.07, 6.45) is 1.83. The van der Waals surface area contributed by atoms with E-state index in [4.69, 9.17) is 11.6 Å². The van der Waals surface area contributed by atoms with Gasteiger partial charge in [-0.15, -0.1) is 0 Å². The van der Waals surface area contributed by atoms with Crippen LogP contribution < -0.4 is 5.32 Å². The highest BCUT2D eigenvalue weighted by atomic mass is 35.5. The summed E-state index contributed by atoms with van der Waals surface area (Å²) >= 11 is 6.00. The lowest BCUT2D eigenvalue weighted by molar-refractivity contribution is -0.124. The molecule has 0 aromatic heterocycles. The van der Waals surface area contributed by atoms with Gasteiger partial charge in [-0.05, 0) is 56.0 Å². The lowest BCUT2D eigenvalue weighted by atomic mass is 10.1. The first-order chi connectivity index (χ1) is 12.9. The van der Waals surface area contributed by atoms with E-state index in [0.29, 0.717) is 30.8 Å². The Hall–Kier alpha value is -1.89. The third-order valence-corrected chi connectivity index (χ3v) is 6.83. The predicted octanol–water partition coefficient (Wildman–Crippen LogP) is 3.24. The summed E-state index contributed by atoms with van der Waals surface area (Å²) in [5.41, 5.74) is 1.02. The molecule has 2 atom stereocenters. The first-order valence-electron chi connectivity index (χ1n) is 8.99. The number of nitrogens with one attached hydrogen (secondary N) is 1.